The monoisotopic (exact) mass is 214 g/mol. The molecular weight excluding hydrogens is 208 g/mol. The maximum absolute atomic E-state index is 11.1. The van der Waals surface area contributed by atoms with Gasteiger partial charge in [0.05, 0.1) is 5.52 Å². The average molecular weight is 214 g/mol. The van der Waals surface area contributed by atoms with E-state index in [1.54, 1.807) is 18.2 Å². The molecule has 1 aromatic carbocycles. The van der Waals surface area contributed by atoms with Crippen LogP contribution in [0, 0.1) is 0 Å². The van der Waals surface area contributed by atoms with Crippen molar-refractivity contribution < 1.29 is 9.52 Å². The van der Waals surface area contributed by atoms with Gasteiger partial charge in [-0.1, -0.05) is 0 Å². The van der Waals surface area contributed by atoms with Crippen LogP contribution in [-0.2, 0) is 0 Å². The van der Waals surface area contributed by atoms with Gasteiger partial charge in [-0.15, -0.1) is 0 Å². The minimum absolute atomic E-state index is 0.180. The third-order valence-corrected chi connectivity index (χ3v) is 2.27. The summed E-state index contributed by atoms with van der Waals surface area (Å²) in [6.45, 7) is 0. The smallest absolute Gasteiger partial charge is 0.270 e. The number of hydrogen-bond donors (Lipinski definition) is 1. The van der Waals surface area contributed by atoms with Crippen LogP contribution < -0.4 is 5.56 Å². The fourth-order valence-corrected chi connectivity index (χ4v) is 1.57. The first-order chi connectivity index (χ1) is 7.72. The Morgan fingerprint density at radius 2 is 2.00 bits per heavy atom. The predicted molar refractivity (Wildman–Crippen MR) is 57.2 cm³/mol. The molecule has 5 nitrogen and oxygen atoms in total. The van der Waals surface area contributed by atoms with Gasteiger partial charge in [0, 0.05) is 17.5 Å². The van der Waals surface area contributed by atoms with E-state index in [-0.39, 0.29) is 11.4 Å². The van der Waals surface area contributed by atoms with E-state index in [2.05, 4.69) is 9.97 Å². The van der Waals surface area contributed by atoms with Gasteiger partial charge in [0.2, 0.25) is 5.88 Å². The number of benzene rings is 1. The van der Waals surface area contributed by atoms with Crippen LogP contribution in [-0.4, -0.2) is 15.1 Å². The SMILES string of the molecule is O=c1ccc2cc3nc(O)coc3cc2n1. The summed E-state index contributed by atoms with van der Waals surface area (Å²) in [5, 5.41) is 9.95. The molecular formula is C11H6N2O3. The van der Waals surface area contributed by atoms with Gasteiger partial charge in [0.15, 0.2) is 11.8 Å². The molecule has 3 aromatic rings. The van der Waals surface area contributed by atoms with Crippen molar-refractivity contribution in [2.24, 2.45) is 0 Å². The molecule has 78 valence electrons. The number of rotatable bonds is 0. The van der Waals surface area contributed by atoms with Crippen LogP contribution in [0.25, 0.3) is 22.0 Å². The fourth-order valence-electron chi connectivity index (χ4n) is 1.57. The van der Waals surface area contributed by atoms with Crippen LogP contribution in [0.3, 0.4) is 0 Å². The molecule has 0 aliphatic heterocycles. The number of pyridine rings is 1. The van der Waals surface area contributed by atoms with Crippen LogP contribution in [0.4, 0.5) is 0 Å². The van der Waals surface area contributed by atoms with Crippen molar-refractivity contribution in [1.82, 2.24) is 9.97 Å². The largest absolute Gasteiger partial charge is 0.491 e. The van der Waals surface area contributed by atoms with E-state index < -0.39 is 0 Å². The number of aromatic nitrogens is 2. The van der Waals surface area contributed by atoms with E-state index in [0.29, 0.717) is 16.6 Å². The van der Waals surface area contributed by atoms with Crippen molar-refractivity contribution in [3.63, 3.8) is 0 Å². The Bertz CT molecular complexity index is 749. The minimum atomic E-state index is -0.293. The zero-order valence-electron chi connectivity index (χ0n) is 8.04. The summed E-state index contributed by atoms with van der Waals surface area (Å²) < 4.78 is 5.14. The highest BCUT2D eigenvalue weighted by atomic mass is 16.3. The quantitative estimate of drug-likeness (QED) is 0.573. The molecule has 0 bridgehead atoms. The molecule has 0 saturated heterocycles. The van der Waals surface area contributed by atoms with Gasteiger partial charge in [-0.25, -0.2) is 9.97 Å². The van der Waals surface area contributed by atoms with Gasteiger partial charge >= 0.3 is 0 Å². The Morgan fingerprint density at radius 3 is 2.88 bits per heavy atom. The second-order valence-corrected chi connectivity index (χ2v) is 3.37. The van der Waals surface area contributed by atoms with Gasteiger partial charge in [0.1, 0.15) is 5.52 Å². The maximum atomic E-state index is 11.1. The Hall–Kier alpha value is -2.43. The minimum Gasteiger partial charge on any atom is -0.491 e. The standard InChI is InChI=1S/C11H6N2O3/c14-10-2-1-6-3-8-9(4-7(6)12-10)16-5-11(15)13-8/h1-5,15H. The first kappa shape index (κ1) is 8.84. The lowest BCUT2D eigenvalue weighted by Gasteiger charge is -1.99. The zero-order valence-corrected chi connectivity index (χ0v) is 8.04. The number of fused-ring (bicyclic) bond motifs is 2. The van der Waals surface area contributed by atoms with Crippen LogP contribution in [0.15, 0.2) is 39.7 Å². The van der Waals surface area contributed by atoms with Gasteiger partial charge in [-0.3, -0.25) is 4.79 Å². The van der Waals surface area contributed by atoms with Crippen LogP contribution >= 0.6 is 0 Å². The van der Waals surface area contributed by atoms with Crippen LogP contribution in [0.2, 0.25) is 0 Å². The van der Waals surface area contributed by atoms with Crippen molar-refractivity contribution in [3.8, 4) is 5.88 Å². The highest BCUT2D eigenvalue weighted by Crippen LogP contribution is 2.20. The van der Waals surface area contributed by atoms with Crippen LogP contribution in [0.5, 0.6) is 5.88 Å². The van der Waals surface area contributed by atoms with E-state index in [1.165, 1.54) is 6.07 Å². The van der Waals surface area contributed by atoms with Crippen LogP contribution in [0.1, 0.15) is 0 Å². The average Bonchev–Trinajstić information content (AvgIpc) is 2.26. The Balaban J connectivity index is 2.48. The second-order valence-electron chi connectivity index (χ2n) is 3.37. The van der Waals surface area contributed by atoms with Gasteiger partial charge in [0.25, 0.3) is 5.56 Å². The molecule has 0 fully saturated rings. The Labute approximate surface area is 89.0 Å². The van der Waals surface area contributed by atoms with E-state index in [0.717, 1.165) is 11.6 Å². The van der Waals surface area contributed by atoms with Crippen molar-refractivity contribution in [2.45, 2.75) is 0 Å². The maximum Gasteiger partial charge on any atom is 0.270 e. The molecule has 0 aliphatic rings. The van der Waals surface area contributed by atoms with Gasteiger partial charge in [-0.2, -0.15) is 0 Å². The Morgan fingerprint density at radius 1 is 1.12 bits per heavy atom. The fraction of sp³-hybridized carbons (Fsp3) is 0. The summed E-state index contributed by atoms with van der Waals surface area (Å²) in [5.74, 6) is -0.180. The summed E-state index contributed by atoms with van der Waals surface area (Å²) in [4.78, 5) is 18.8. The van der Waals surface area contributed by atoms with Gasteiger partial charge < -0.3 is 9.52 Å². The van der Waals surface area contributed by atoms with Gasteiger partial charge in [-0.05, 0) is 12.1 Å². The topological polar surface area (TPSA) is 76.2 Å². The Kier molecular flexibility index (Phi) is 1.67. The van der Waals surface area contributed by atoms with Crippen molar-refractivity contribution in [3.05, 3.63) is 40.9 Å². The molecule has 16 heavy (non-hydrogen) atoms. The molecule has 0 aliphatic carbocycles. The molecule has 0 saturated carbocycles. The predicted octanol–water partition coefficient (Wildman–Crippen LogP) is 1.44. The number of hydrogen-bond acceptors (Lipinski definition) is 5. The van der Waals surface area contributed by atoms with Crippen molar-refractivity contribution >= 4 is 22.0 Å². The lowest BCUT2D eigenvalue weighted by molar-refractivity contribution is 0.426. The number of aromatic hydroxyl groups is 1. The first-order valence-corrected chi connectivity index (χ1v) is 4.62. The second kappa shape index (κ2) is 3.03. The molecule has 3 rings (SSSR count). The van der Waals surface area contributed by atoms with E-state index in [4.69, 9.17) is 4.42 Å². The summed E-state index contributed by atoms with van der Waals surface area (Å²) in [6, 6.07) is 6.38. The molecule has 1 N–H and O–H groups in total. The first-order valence-electron chi connectivity index (χ1n) is 4.62. The summed E-state index contributed by atoms with van der Waals surface area (Å²) in [5.41, 5.74) is 1.26. The third-order valence-electron chi connectivity index (χ3n) is 2.27. The molecule has 5 heteroatoms. The molecule has 0 amide bonds. The third kappa shape index (κ3) is 1.30. The van der Waals surface area contributed by atoms with E-state index >= 15 is 0 Å². The molecule has 2 heterocycles. The summed E-state index contributed by atoms with van der Waals surface area (Å²) in [7, 11) is 0. The molecule has 0 atom stereocenters. The molecule has 0 radical (unpaired) electrons. The molecule has 0 spiro atoms. The lowest BCUT2D eigenvalue weighted by Crippen LogP contribution is -2.02. The highest BCUT2D eigenvalue weighted by molar-refractivity contribution is 5.91. The summed E-state index contributed by atoms with van der Waals surface area (Å²) >= 11 is 0. The normalized spacial score (nSPS) is 11.0. The molecule has 0 unspecified atom stereocenters. The summed E-state index contributed by atoms with van der Waals surface area (Å²) in [6.07, 6.45) is 1.13. The van der Waals surface area contributed by atoms with Crippen molar-refractivity contribution in [2.75, 3.05) is 0 Å². The van der Waals surface area contributed by atoms with Crippen molar-refractivity contribution in [1.29, 1.82) is 0 Å². The molecule has 2 aromatic heterocycles. The number of nitrogens with zero attached hydrogens (tertiary/aromatic N) is 2. The lowest BCUT2D eigenvalue weighted by atomic mass is 10.2. The van der Waals surface area contributed by atoms with E-state index in [1.807, 2.05) is 0 Å². The zero-order chi connectivity index (χ0) is 11.1. The van der Waals surface area contributed by atoms with E-state index in [9.17, 15) is 9.90 Å². The highest BCUT2D eigenvalue weighted by Gasteiger charge is 2.03.